The van der Waals surface area contributed by atoms with Crippen LogP contribution in [0.5, 0.6) is 0 Å². The van der Waals surface area contributed by atoms with Crippen LogP contribution in [0.3, 0.4) is 0 Å². The second kappa shape index (κ2) is 5.03. The molecule has 0 aliphatic heterocycles. The summed E-state index contributed by atoms with van der Waals surface area (Å²) >= 11 is 6.28. The van der Waals surface area contributed by atoms with Gasteiger partial charge in [0.1, 0.15) is 10.8 Å². The summed E-state index contributed by atoms with van der Waals surface area (Å²) in [6.45, 7) is 0.568. The van der Waals surface area contributed by atoms with Gasteiger partial charge in [0, 0.05) is 12.0 Å². The Balaban J connectivity index is 2.30. The summed E-state index contributed by atoms with van der Waals surface area (Å²) < 4.78 is 1.97. The van der Waals surface area contributed by atoms with Crippen molar-refractivity contribution in [2.45, 2.75) is 6.42 Å². The maximum Gasteiger partial charge on any atom is 0.138 e. The predicted octanol–water partition coefficient (Wildman–Crippen LogP) is 3.16. The lowest BCUT2D eigenvalue weighted by atomic mass is 10.1. The first kappa shape index (κ1) is 12.2. The fraction of sp³-hybridized carbons (Fsp3) is 0.133. The number of pyridine rings is 1. The van der Waals surface area contributed by atoms with E-state index < -0.39 is 0 Å². The van der Waals surface area contributed by atoms with E-state index in [2.05, 4.69) is 17.1 Å². The van der Waals surface area contributed by atoms with Crippen molar-refractivity contribution in [1.29, 1.82) is 0 Å². The SMILES string of the molecule is NCCc1c(-c2ccccc2)nc2cccc(Cl)n12. The number of nitrogens with two attached hydrogens (primary N) is 1. The van der Waals surface area contributed by atoms with Crippen molar-refractivity contribution in [1.82, 2.24) is 9.38 Å². The van der Waals surface area contributed by atoms with Crippen molar-refractivity contribution in [2.75, 3.05) is 6.54 Å². The van der Waals surface area contributed by atoms with Crippen LogP contribution in [-0.2, 0) is 6.42 Å². The van der Waals surface area contributed by atoms with Gasteiger partial charge in [-0.25, -0.2) is 4.98 Å². The number of rotatable bonds is 3. The smallest absolute Gasteiger partial charge is 0.138 e. The van der Waals surface area contributed by atoms with Crippen molar-refractivity contribution in [2.24, 2.45) is 5.73 Å². The highest BCUT2D eigenvalue weighted by Gasteiger charge is 2.14. The van der Waals surface area contributed by atoms with Crippen LogP contribution in [0.2, 0.25) is 5.15 Å². The van der Waals surface area contributed by atoms with Gasteiger partial charge in [-0.1, -0.05) is 48.0 Å². The third-order valence-electron chi connectivity index (χ3n) is 3.12. The summed E-state index contributed by atoms with van der Waals surface area (Å²) in [4.78, 5) is 4.69. The van der Waals surface area contributed by atoms with Gasteiger partial charge in [0.2, 0.25) is 0 Å². The Morgan fingerprint density at radius 1 is 1.05 bits per heavy atom. The Bertz CT molecular complexity index is 704. The molecule has 0 saturated carbocycles. The third-order valence-corrected chi connectivity index (χ3v) is 3.41. The molecule has 0 saturated heterocycles. The van der Waals surface area contributed by atoms with Crippen molar-refractivity contribution in [3.05, 3.63) is 59.4 Å². The fourth-order valence-electron chi connectivity index (χ4n) is 2.31. The van der Waals surface area contributed by atoms with Crippen LogP contribution in [0.25, 0.3) is 16.9 Å². The molecule has 2 aromatic heterocycles. The van der Waals surface area contributed by atoms with E-state index in [0.717, 1.165) is 29.0 Å². The highest BCUT2D eigenvalue weighted by Crippen LogP contribution is 2.27. The second-order valence-electron chi connectivity index (χ2n) is 4.35. The van der Waals surface area contributed by atoms with E-state index in [9.17, 15) is 0 Å². The highest BCUT2D eigenvalue weighted by molar-refractivity contribution is 6.29. The molecule has 0 aliphatic carbocycles. The van der Waals surface area contributed by atoms with E-state index in [1.54, 1.807) is 0 Å². The lowest BCUT2D eigenvalue weighted by Crippen LogP contribution is -2.06. The predicted molar refractivity (Wildman–Crippen MR) is 78.4 cm³/mol. The minimum atomic E-state index is 0.568. The van der Waals surface area contributed by atoms with Gasteiger partial charge in [-0.2, -0.15) is 0 Å². The Morgan fingerprint density at radius 2 is 1.84 bits per heavy atom. The Hall–Kier alpha value is -1.84. The summed E-state index contributed by atoms with van der Waals surface area (Å²) in [5.74, 6) is 0. The molecule has 0 unspecified atom stereocenters. The topological polar surface area (TPSA) is 43.3 Å². The van der Waals surface area contributed by atoms with Crippen molar-refractivity contribution in [3.63, 3.8) is 0 Å². The van der Waals surface area contributed by atoms with Gasteiger partial charge < -0.3 is 5.73 Å². The zero-order valence-electron chi connectivity index (χ0n) is 10.4. The molecule has 0 radical (unpaired) electrons. The molecule has 0 amide bonds. The number of hydrogen-bond acceptors (Lipinski definition) is 2. The maximum atomic E-state index is 6.28. The molecule has 3 rings (SSSR count). The van der Waals surface area contributed by atoms with Gasteiger partial charge in [-0.3, -0.25) is 4.40 Å². The average Bonchev–Trinajstić information content (AvgIpc) is 2.81. The van der Waals surface area contributed by atoms with E-state index >= 15 is 0 Å². The summed E-state index contributed by atoms with van der Waals surface area (Å²) in [5, 5.41) is 0.663. The molecule has 3 nitrogen and oxygen atoms in total. The van der Waals surface area contributed by atoms with Gasteiger partial charge in [0.15, 0.2) is 0 Å². The minimum Gasteiger partial charge on any atom is -0.330 e. The van der Waals surface area contributed by atoms with Gasteiger partial charge in [-0.05, 0) is 18.7 Å². The number of aromatic nitrogens is 2. The Labute approximate surface area is 116 Å². The molecular weight excluding hydrogens is 258 g/mol. The molecule has 19 heavy (non-hydrogen) atoms. The molecule has 2 heterocycles. The van der Waals surface area contributed by atoms with E-state index in [-0.39, 0.29) is 0 Å². The molecule has 0 fully saturated rings. The summed E-state index contributed by atoms with van der Waals surface area (Å²) in [5.41, 5.74) is 9.69. The lowest BCUT2D eigenvalue weighted by molar-refractivity contribution is 0.907. The van der Waals surface area contributed by atoms with Crippen LogP contribution in [-0.4, -0.2) is 15.9 Å². The number of nitrogens with zero attached hydrogens (tertiary/aromatic N) is 2. The van der Waals surface area contributed by atoms with Gasteiger partial charge >= 0.3 is 0 Å². The third kappa shape index (κ3) is 2.11. The number of benzene rings is 1. The number of halogens is 1. The van der Waals surface area contributed by atoms with E-state index in [1.165, 1.54) is 0 Å². The van der Waals surface area contributed by atoms with Crippen LogP contribution >= 0.6 is 11.6 Å². The zero-order valence-corrected chi connectivity index (χ0v) is 11.1. The molecule has 2 N–H and O–H groups in total. The summed E-state index contributed by atoms with van der Waals surface area (Å²) in [7, 11) is 0. The largest absolute Gasteiger partial charge is 0.330 e. The standard InChI is InChI=1S/C15H14ClN3/c16-13-7-4-8-14-18-15(11-5-2-1-3-6-11)12(9-10-17)19(13)14/h1-8H,9-10,17H2. The Morgan fingerprint density at radius 3 is 2.58 bits per heavy atom. The molecule has 3 aromatic rings. The number of imidazole rings is 1. The quantitative estimate of drug-likeness (QED) is 0.744. The minimum absolute atomic E-state index is 0.568. The molecule has 96 valence electrons. The first-order chi connectivity index (χ1) is 9.31. The summed E-state index contributed by atoms with van der Waals surface area (Å²) in [6.07, 6.45) is 0.745. The van der Waals surface area contributed by atoms with Crippen LogP contribution in [0.4, 0.5) is 0 Å². The zero-order chi connectivity index (χ0) is 13.2. The lowest BCUT2D eigenvalue weighted by Gasteiger charge is -2.05. The molecular formula is C15H14ClN3. The van der Waals surface area contributed by atoms with Crippen LogP contribution < -0.4 is 5.73 Å². The first-order valence-corrected chi connectivity index (χ1v) is 6.60. The molecule has 0 aliphatic rings. The van der Waals surface area contributed by atoms with Gasteiger partial charge in [0.25, 0.3) is 0 Å². The van der Waals surface area contributed by atoms with Crippen LogP contribution in [0.1, 0.15) is 5.69 Å². The molecule has 0 spiro atoms. The number of hydrogen-bond donors (Lipinski definition) is 1. The molecule has 4 heteroatoms. The highest BCUT2D eigenvalue weighted by atomic mass is 35.5. The van der Waals surface area contributed by atoms with Gasteiger partial charge in [-0.15, -0.1) is 0 Å². The molecule has 1 aromatic carbocycles. The van der Waals surface area contributed by atoms with Crippen molar-refractivity contribution in [3.8, 4) is 11.3 Å². The van der Waals surface area contributed by atoms with E-state index in [1.807, 2.05) is 40.8 Å². The molecule has 0 bridgehead atoms. The van der Waals surface area contributed by atoms with Gasteiger partial charge in [0.05, 0.1) is 11.4 Å². The summed E-state index contributed by atoms with van der Waals surface area (Å²) in [6, 6.07) is 15.8. The first-order valence-electron chi connectivity index (χ1n) is 6.22. The van der Waals surface area contributed by atoms with Crippen LogP contribution in [0.15, 0.2) is 48.5 Å². The molecule has 0 atom stereocenters. The average molecular weight is 272 g/mol. The fourth-order valence-corrected chi connectivity index (χ4v) is 2.57. The number of fused-ring (bicyclic) bond motifs is 1. The van der Waals surface area contributed by atoms with Crippen molar-refractivity contribution >= 4 is 17.2 Å². The van der Waals surface area contributed by atoms with E-state index in [4.69, 9.17) is 17.3 Å². The maximum absolute atomic E-state index is 6.28. The second-order valence-corrected chi connectivity index (χ2v) is 4.74. The normalized spacial score (nSPS) is 11.1. The van der Waals surface area contributed by atoms with E-state index in [0.29, 0.717) is 11.7 Å². The van der Waals surface area contributed by atoms with Crippen molar-refractivity contribution < 1.29 is 0 Å². The monoisotopic (exact) mass is 271 g/mol. The Kier molecular flexibility index (Phi) is 3.23. The van der Waals surface area contributed by atoms with Crippen LogP contribution in [0, 0.1) is 0 Å².